The second-order valence-electron chi connectivity index (χ2n) is 21.6. The normalized spacial score (nSPS) is 29.8. The molecule has 8 N–H and O–H groups in total. The molecule has 6 aliphatic heterocycles. The number of aliphatic hydroxyl groups excluding tert-OH is 4. The van der Waals surface area contributed by atoms with Gasteiger partial charge in [0.2, 0.25) is 0 Å². The van der Waals surface area contributed by atoms with Crippen molar-refractivity contribution in [2.45, 2.75) is 293 Å². The fraction of sp³-hybridized carbons (Fsp3) is 0.929. The Morgan fingerprint density at radius 3 is 1.02 bits per heavy atom. The summed E-state index contributed by atoms with van der Waals surface area (Å²) in [6.45, 7) is 16.6. The number of hydrogen-bond donors (Lipinski definition) is 8. The lowest BCUT2D eigenvalue weighted by Crippen LogP contribution is -2.31. The topological polar surface area (TPSA) is 548 Å². The molecule has 0 aromatic carbocycles. The van der Waals surface area contributed by atoms with Gasteiger partial charge >= 0.3 is 47.3 Å². The number of azide groups is 3. The van der Waals surface area contributed by atoms with Gasteiger partial charge in [0.05, 0.1) is 113 Å². The number of carbonyl (C=O) groups is 4. The molecule has 6 heterocycles. The predicted octanol–water partition coefficient (Wildman–Crippen LogP) is 9.98. The van der Waals surface area contributed by atoms with Crippen LogP contribution in [0.15, 0.2) is 15.3 Å². The van der Waals surface area contributed by atoms with Crippen LogP contribution in [0.2, 0.25) is 0 Å². The molecular weight excluding hydrogens is 1420 g/mol. The lowest BCUT2D eigenvalue weighted by molar-refractivity contribution is -0.153. The third-order valence-corrected chi connectivity index (χ3v) is 17.8. The maximum atomic E-state index is 11.7. The molecule has 0 amide bonds. The van der Waals surface area contributed by atoms with Gasteiger partial charge in [0, 0.05) is 78.2 Å². The molecule has 0 spiro atoms. The minimum Gasteiger partial charge on any atom is -0.459 e. The number of phosphoric acid groups is 3. The number of ether oxygens (including phenoxy) is 10. The standard InChI is InChI=1S/C10H17BrO3.C10H17N3O3.C9H18N3O13P3.C9H15N3O4.C7H14O2.C6H12O3.5CH4/c1-3-8-9(6-7(2)13-8)14-10(12)4-5-11;1-3-8-9(6-7(2)15-8)16-10(14)4-5-12-13-11;1-6-4-7(23-9(13)2-3-11-12-10)8(22-6)5-21-27(17,18)25-28(19,20)24-26(14,15)16;1-6-4-7(8(5-13)15-6)16-9(14)2-3-11-12-10;1-3-7-6(8)4-5(2)9-7;1-4-2-5(8)6(3-7)9-4;;;;;/h7-9H,3-6H2,1-2H3;7-9H,3-6H2,1-2H3;6-8H,2-5H2,1H3,(H,17,18)(H,19,20)(H2,14,15,16);6-8,13H,2-5H2,1H3;5-8H,3-4H2,1-2H3;4-8H,2-3H2,1H3;5*1H4/t2*7-,8+,9+;2*6-,7+,8+;5-,6+,7+;4-,5+,6+;;;;;/m000000...../s1. The third-order valence-electron chi connectivity index (χ3n) is 13.6. The molecule has 20 atom stereocenters. The Balaban J connectivity index is -0.000000360. The van der Waals surface area contributed by atoms with Gasteiger partial charge in [-0.25, -0.2) is 13.7 Å². The van der Waals surface area contributed by atoms with Gasteiger partial charge < -0.3 is 87.4 Å². The van der Waals surface area contributed by atoms with Crippen molar-refractivity contribution in [3.63, 3.8) is 0 Å². The predicted molar refractivity (Wildman–Crippen MR) is 358 cm³/mol. The zero-order chi connectivity index (χ0) is 69.8. The fourth-order valence-electron chi connectivity index (χ4n) is 9.63. The molecule has 41 heteroatoms. The Kier molecular flexibility index (Phi) is 56.8. The highest BCUT2D eigenvalue weighted by atomic mass is 79.9. The highest BCUT2D eigenvalue weighted by molar-refractivity contribution is 9.09. The number of aliphatic hydroxyl groups is 4. The molecule has 0 aromatic heterocycles. The van der Waals surface area contributed by atoms with E-state index < -0.39 is 78.6 Å². The van der Waals surface area contributed by atoms with Gasteiger partial charge in [0.25, 0.3) is 0 Å². The summed E-state index contributed by atoms with van der Waals surface area (Å²) in [5.41, 5.74) is 24.2. The van der Waals surface area contributed by atoms with Crippen molar-refractivity contribution in [2.75, 3.05) is 44.8 Å². The van der Waals surface area contributed by atoms with E-state index in [0.29, 0.717) is 24.6 Å². The lowest BCUT2D eigenvalue weighted by Gasteiger charge is -2.21. The summed E-state index contributed by atoms with van der Waals surface area (Å²) in [6, 6.07) is 0. The summed E-state index contributed by atoms with van der Waals surface area (Å²) in [6.07, 6.45) is 3.26. The number of hydrogen-bond acceptors (Lipinski definition) is 27. The van der Waals surface area contributed by atoms with Crippen LogP contribution in [-0.4, -0.2) is 219 Å². The van der Waals surface area contributed by atoms with E-state index in [1.54, 1.807) is 6.92 Å². The molecule has 37 nitrogen and oxygen atoms in total. The maximum absolute atomic E-state index is 11.7. The summed E-state index contributed by atoms with van der Waals surface area (Å²) in [5.74, 6) is -1.62. The van der Waals surface area contributed by atoms with Gasteiger partial charge in [-0.05, 0) is 77.4 Å². The van der Waals surface area contributed by atoms with Crippen LogP contribution in [-0.2, 0) is 93.4 Å². The van der Waals surface area contributed by atoms with E-state index in [2.05, 4.69) is 59.2 Å². The maximum Gasteiger partial charge on any atom is 0.490 e. The minimum absolute atomic E-state index is 0. The van der Waals surface area contributed by atoms with E-state index in [1.165, 1.54) is 0 Å². The third kappa shape index (κ3) is 44.3. The second kappa shape index (κ2) is 54.1. The Morgan fingerprint density at radius 2 is 0.742 bits per heavy atom. The molecule has 0 aliphatic carbocycles. The Morgan fingerprint density at radius 1 is 0.454 bits per heavy atom. The van der Waals surface area contributed by atoms with Crippen LogP contribution in [0.5, 0.6) is 0 Å². The first-order valence-electron chi connectivity index (χ1n) is 29.9. The van der Waals surface area contributed by atoms with Crippen molar-refractivity contribution in [2.24, 2.45) is 15.3 Å². The summed E-state index contributed by atoms with van der Waals surface area (Å²) >= 11 is 3.21. The van der Waals surface area contributed by atoms with Crippen molar-refractivity contribution in [3.8, 4) is 0 Å². The van der Waals surface area contributed by atoms with Crippen molar-refractivity contribution in [1.29, 1.82) is 0 Å². The van der Waals surface area contributed by atoms with Gasteiger partial charge in [-0.1, -0.05) is 89.2 Å². The molecule has 6 saturated heterocycles. The molecule has 0 aromatic rings. The number of carbonyl (C=O) groups excluding carboxylic acids is 4. The number of esters is 4. The average Bonchev–Trinajstić information content (AvgIpc) is 1.24. The van der Waals surface area contributed by atoms with Crippen LogP contribution in [0, 0.1) is 0 Å². The summed E-state index contributed by atoms with van der Waals surface area (Å²) in [7, 11) is -16.4. The van der Waals surface area contributed by atoms with Crippen molar-refractivity contribution < 1.29 is 133 Å². The van der Waals surface area contributed by atoms with E-state index in [0.717, 1.165) is 38.5 Å². The lowest BCUT2D eigenvalue weighted by atomic mass is 10.1. The fourth-order valence-corrected chi connectivity index (χ4v) is 13.0. The molecule has 97 heavy (non-hydrogen) atoms. The summed E-state index contributed by atoms with van der Waals surface area (Å²) in [4.78, 5) is 88.6. The van der Waals surface area contributed by atoms with Crippen molar-refractivity contribution in [1.82, 2.24) is 0 Å². The Labute approximate surface area is 578 Å². The second-order valence-corrected chi connectivity index (χ2v) is 26.8. The molecule has 6 rings (SSSR count). The first-order chi connectivity index (χ1) is 43.2. The zero-order valence-electron chi connectivity index (χ0n) is 53.0. The van der Waals surface area contributed by atoms with Crippen LogP contribution in [0.1, 0.15) is 183 Å². The van der Waals surface area contributed by atoms with Crippen molar-refractivity contribution in [3.05, 3.63) is 31.3 Å². The first kappa shape index (κ1) is 102. The molecule has 6 fully saturated rings. The van der Waals surface area contributed by atoms with Crippen LogP contribution in [0.25, 0.3) is 31.3 Å². The Bertz CT molecular complexity index is 2430. The van der Waals surface area contributed by atoms with E-state index in [1.807, 2.05) is 55.4 Å². The van der Waals surface area contributed by atoms with Gasteiger partial charge in [0.15, 0.2) is 0 Å². The Hall–Kier alpha value is -3.70. The van der Waals surface area contributed by atoms with E-state index in [-0.39, 0.29) is 181 Å². The molecular formula is C56H113BrN9O28P3. The van der Waals surface area contributed by atoms with Crippen LogP contribution in [0.4, 0.5) is 0 Å². The highest BCUT2D eigenvalue weighted by Gasteiger charge is 2.44. The summed E-state index contributed by atoms with van der Waals surface area (Å²) < 4.78 is 98.3. The summed E-state index contributed by atoms with van der Waals surface area (Å²) in [5, 5.41) is 46.2. The van der Waals surface area contributed by atoms with Gasteiger partial charge in [-0.15, -0.1) is 0 Å². The van der Waals surface area contributed by atoms with Crippen LogP contribution >= 0.6 is 39.4 Å². The van der Waals surface area contributed by atoms with E-state index in [9.17, 15) is 42.9 Å². The average molecular weight is 1530 g/mol. The van der Waals surface area contributed by atoms with Crippen LogP contribution < -0.4 is 0 Å². The van der Waals surface area contributed by atoms with Gasteiger partial charge in [-0.2, -0.15) is 8.62 Å². The van der Waals surface area contributed by atoms with Crippen LogP contribution in [0.3, 0.4) is 0 Å². The minimum atomic E-state index is -5.63. The monoisotopic (exact) mass is 1530 g/mol. The largest absolute Gasteiger partial charge is 0.490 e. The molecule has 6 aliphatic rings. The first-order valence-corrected chi connectivity index (χ1v) is 35.5. The van der Waals surface area contributed by atoms with Gasteiger partial charge in [0.1, 0.15) is 42.7 Å². The number of alkyl halides is 1. The number of phosphoric ester groups is 1. The molecule has 0 bridgehead atoms. The number of halogens is 1. The zero-order valence-corrected chi connectivity index (χ0v) is 57.3. The molecule has 572 valence electrons. The molecule has 2 unspecified atom stereocenters. The quantitative estimate of drug-likeness (QED) is 0.00720. The number of rotatable bonds is 27. The molecule has 0 saturated carbocycles. The van der Waals surface area contributed by atoms with E-state index in [4.69, 9.17) is 94.0 Å². The highest BCUT2D eigenvalue weighted by Crippen LogP contribution is 2.66. The van der Waals surface area contributed by atoms with Crippen molar-refractivity contribution >= 4 is 63.3 Å². The smallest absolute Gasteiger partial charge is 0.459 e. The van der Waals surface area contributed by atoms with E-state index >= 15 is 0 Å². The van der Waals surface area contributed by atoms with Gasteiger partial charge in [-0.3, -0.25) is 23.7 Å². The molecule has 0 radical (unpaired) electrons. The number of nitrogens with zero attached hydrogens (tertiary/aromatic N) is 9. The SMILES string of the molecule is C.C.C.C.C.CC[C@H]1O[C@@H](C)C[C@H]1O.CC[C@H]1O[C@@H](C)C[C@H]1OC(=O)CCBr.CC[C@H]1O[C@@H](C)C[C@H]1OC(=O)CCN=[N+]=[N-].C[C@H]1C[C@@H](O)[C@@H](CO)O1.C[C@H]1C[C@@H](OC(=O)CCN=[N+]=[N-])[C@@H](CO)O1.C[C@H]1C[C@@H](OC(=O)CCN=[N+]=[N-])[C@@H](COP(=O)(O)OP(=O)(O)OP(=O)(O)O)O1.